The molecule has 2 nitrogen and oxygen atoms in total. The van der Waals surface area contributed by atoms with E-state index in [4.69, 9.17) is 0 Å². The highest BCUT2D eigenvalue weighted by Crippen LogP contribution is 2.23. The van der Waals surface area contributed by atoms with Gasteiger partial charge in [-0.3, -0.25) is 0 Å². The van der Waals surface area contributed by atoms with E-state index in [0.29, 0.717) is 18.2 Å². The number of aliphatic hydroxyl groups excluding tert-OH is 1. The third-order valence-electron chi connectivity index (χ3n) is 2.72. The summed E-state index contributed by atoms with van der Waals surface area (Å²) >= 11 is 0. The smallest absolute Gasteiger partial charge is 0.263 e. The van der Waals surface area contributed by atoms with Gasteiger partial charge >= 0.3 is 0 Å². The maximum Gasteiger partial charge on any atom is 0.263 e. The summed E-state index contributed by atoms with van der Waals surface area (Å²) in [5.74, 6) is 0. The van der Waals surface area contributed by atoms with Crippen LogP contribution in [0.25, 0.3) is 0 Å². The summed E-state index contributed by atoms with van der Waals surface area (Å²) in [6.45, 7) is 0.428. The highest BCUT2D eigenvalue weighted by atomic mass is 19.3. The van der Waals surface area contributed by atoms with Gasteiger partial charge < -0.3 is 10.4 Å². The second-order valence-electron chi connectivity index (χ2n) is 4.17. The van der Waals surface area contributed by atoms with Crippen LogP contribution in [0.4, 0.5) is 8.78 Å². The molecular weight excluding hydrogens is 212 g/mol. The van der Waals surface area contributed by atoms with Crippen molar-refractivity contribution in [3.8, 4) is 0 Å². The SMILES string of the molecule is OC(CNC1CC1)c1cccc(C(F)F)c1. The lowest BCUT2D eigenvalue weighted by Crippen LogP contribution is -2.23. The molecule has 4 heteroatoms. The molecule has 0 saturated heterocycles. The number of hydrogen-bond acceptors (Lipinski definition) is 2. The van der Waals surface area contributed by atoms with E-state index in [0.717, 1.165) is 12.8 Å². The highest BCUT2D eigenvalue weighted by Gasteiger charge is 2.21. The second kappa shape index (κ2) is 4.89. The second-order valence-corrected chi connectivity index (χ2v) is 4.17. The van der Waals surface area contributed by atoms with Crippen LogP contribution in [0.15, 0.2) is 24.3 Å². The minimum absolute atomic E-state index is 0.0389. The van der Waals surface area contributed by atoms with Crippen LogP contribution >= 0.6 is 0 Å². The van der Waals surface area contributed by atoms with Crippen LogP contribution in [0, 0.1) is 0 Å². The number of aliphatic hydroxyl groups is 1. The van der Waals surface area contributed by atoms with Crippen molar-refractivity contribution in [2.45, 2.75) is 31.4 Å². The Morgan fingerprint density at radius 2 is 2.00 bits per heavy atom. The Bertz CT molecular complexity index is 353. The Morgan fingerprint density at radius 3 is 2.62 bits per heavy atom. The molecule has 0 radical (unpaired) electrons. The van der Waals surface area contributed by atoms with Gasteiger partial charge in [0, 0.05) is 18.2 Å². The van der Waals surface area contributed by atoms with Gasteiger partial charge in [0.2, 0.25) is 0 Å². The molecule has 2 N–H and O–H groups in total. The standard InChI is InChI=1S/C12H15F2NO/c13-12(14)9-3-1-2-8(6-9)11(16)7-15-10-4-5-10/h1-3,6,10-12,15-16H,4-5,7H2. The first-order valence-electron chi connectivity index (χ1n) is 5.46. The molecule has 1 atom stereocenters. The minimum atomic E-state index is -2.48. The van der Waals surface area contributed by atoms with Crippen molar-refractivity contribution in [2.75, 3.05) is 6.54 Å². The predicted octanol–water partition coefficient (Wildman–Crippen LogP) is 2.41. The van der Waals surface area contributed by atoms with E-state index >= 15 is 0 Å². The zero-order valence-electron chi connectivity index (χ0n) is 8.87. The van der Waals surface area contributed by atoms with E-state index in [-0.39, 0.29) is 5.56 Å². The lowest BCUT2D eigenvalue weighted by atomic mass is 10.1. The van der Waals surface area contributed by atoms with Crippen molar-refractivity contribution in [3.63, 3.8) is 0 Å². The first-order valence-corrected chi connectivity index (χ1v) is 5.46. The zero-order valence-corrected chi connectivity index (χ0v) is 8.87. The van der Waals surface area contributed by atoms with E-state index in [1.54, 1.807) is 12.1 Å². The van der Waals surface area contributed by atoms with Crippen LogP contribution in [0.3, 0.4) is 0 Å². The lowest BCUT2D eigenvalue weighted by molar-refractivity contribution is 0.149. The van der Waals surface area contributed by atoms with Gasteiger partial charge in [0.25, 0.3) is 6.43 Å². The molecule has 0 amide bonds. The van der Waals surface area contributed by atoms with Crippen LogP contribution in [0.1, 0.15) is 36.5 Å². The normalized spacial score (nSPS) is 17.8. The van der Waals surface area contributed by atoms with Gasteiger partial charge in [0.05, 0.1) is 6.10 Å². The molecule has 1 unspecified atom stereocenters. The summed E-state index contributed by atoms with van der Waals surface area (Å²) in [5, 5.41) is 13.0. The Kier molecular flexibility index (Phi) is 3.51. The van der Waals surface area contributed by atoms with Crippen molar-refractivity contribution in [1.82, 2.24) is 5.32 Å². The van der Waals surface area contributed by atoms with Gasteiger partial charge in [-0.2, -0.15) is 0 Å². The Labute approximate surface area is 93.3 Å². The predicted molar refractivity (Wildman–Crippen MR) is 57.4 cm³/mol. The first kappa shape index (κ1) is 11.5. The largest absolute Gasteiger partial charge is 0.387 e. The van der Waals surface area contributed by atoms with Crippen molar-refractivity contribution in [2.24, 2.45) is 0 Å². The molecule has 1 aromatic rings. The Balaban J connectivity index is 1.97. The number of rotatable bonds is 5. The first-order chi connectivity index (χ1) is 7.66. The molecule has 0 bridgehead atoms. The van der Waals surface area contributed by atoms with Crippen LogP contribution in [-0.2, 0) is 0 Å². The summed E-state index contributed by atoms with van der Waals surface area (Å²) in [5.41, 5.74) is 0.508. The number of halogens is 2. The molecule has 2 rings (SSSR count). The maximum atomic E-state index is 12.4. The fraction of sp³-hybridized carbons (Fsp3) is 0.500. The van der Waals surface area contributed by atoms with Gasteiger partial charge in [0.15, 0.2) is 0 Å². The van der Waals surface area contributed by atoms with E-state index in [1.807, 2.05) is 0 Å². The third kappa shape index (κ3) is 3.00. The van der Waals surface area contributed by atoms with E-state index in [2.05, 4.69) is 5.32 Å². The Hall–Kier alpha value is -1.00. The summed E-state index contributed by atoms with van der Waals surface area (Å²) < 4.78 is 24.9. The third-order valence-corrected chi connectivity index (χ3v) is 2.72. The summed E-state index contributed by atoms with van der Waals surface area (Å²) in [6, 6.07) is 6.47. The van der Waals surface area contributed by atoms with Gasteiger partial charge in [0.1, 0.15) is 0 Å². The average molecular weight is 227 g/mol. The molecule has 1 saturated carbocycles. The van der Waals surface area contributed by atoms with Gasteiger partial charge in [-0.15, -0.1) is 0 Å². The quantitative estimate of drug-likeness (QED) is 0.809. The summed E-state index contributed by atoms with van der Waals surface area (Å²) in [4.78, 5) is 0. The monoisotopic (exact) mass is 227 g/mol. The molecule has 0 aliphatic heterocycles. The van der Waals surface area contributed by atoms with Crippen LogP contribution < -0.4 is 5.32 Å². The number of hydrogen-bond donors (Lipinski definition) is 2. The van der Waals surface area contributed by atoms with E-state index < -0.39 is 12.5 Å². The lowest BCUT2D eigenvalue weighted by Gasteiger charge is -2.12. The van der Waals surface area contributed by atoms with Gasteiger partial charge in [-0.05, 0) is 24.5 Å². The van der Waals surface area contributed by atoms with Crippen molar-refractivity contribution >= 4 is 0 Å². The topological polar surface area (TPSA) is 32.3 Å². The molecule has 0 spiro atoms. The van der Waals surface area contributed by atoms with Crippen molar-refractivity contribution in [3.05, 3.63) is 35.4 Å². The number of benzene rings is 1. The van der Waals surface area contributed by atoms with Crippen LogP contribution in [0.2, 0.25) is 0 Å². The number of nitrogens with one attached hydrogen (secondary N) is 1. The Morgan fingerprint density at radius 1 is 1.31 bits per heavy atom. The zero-order chi connectivity index (χ0) is 11.5. The molecule has 1 aromatic carbocycles. The molecule has 0 heterocycles. The molecule has 1 aliphatic carbocycles. The molecule has 88 valence electrons. The minimum Gasteiger partial charge on any atom is -0.387 e. The van der Waals surface area contributed by atoms with Crippen molar-refractivity contribution < 1.29 is 13.9 Å². The molecule has 0 aromatic heterocycles. The fourth-order valence-electron chi connectivity index (χ4n) is 1.59. The van der Waals surface area contributed by atoms with Crippen molar-refractivity contribution in [1.29, 1.82) is 0 Å². The molecule has 1 aliphatic rings. The van der Waals surface area contributed by atoms with Gasteiger partial charge in [-0.25, -0.2) is 8.78 Å². The molecular formula is C12H15F2NO. The fourth-order valence-corrected chi connectivity index (χ4v) is 1.59. The summed E-state index contributed by atoms with van der Waals surface area (Å²) in [7, 11) is 0. The average Bonchev–Trinajstić information content (AvgIpc) is 3.10. The van der Waals surface area contributed by atoms with Gasteiger partial charge in [-0.1, -0.05) is 18.2 Å². The van der Waals surface area contributed by atoms with Crippen LogP contribution in [0.5, 0.6) is 0 Å². The number of alkyl halides is 2. The van der Waals surface area contributed by atoms with Crippen LogP contribution in [-0.4, -0.2) is 17.7 Å². The summed E-state index contributed by atoms with van der Waals surface area (Å²) in [6.07, 6.45) is -0.907. The van der Waals surface area contributed by atoms with E-state index in [9.17, 15) is 13.9 Å². The maximum absolute atomic E-state index is 12.4. The molecule has 1 fully saturated rings. The highest BCUT2D eigenvalue weighted by molar-refractivity contribution is 5.26. The molecule has 16 heavy (non-hydrogen) atoms. The van der Waals surface area contributed by atoms with E-state index in [1.165, 1.54) is 12.1 Å².